The van der Waals surface area contributed by atoms with Crippen LogP contribution in [-0.2, 0) is 11.2 Å². The summed E-state index contributed by atoms with van der Waals surface area (Å²) < 4.78 is 5.70. The van der Waals surface area contributed by atoms with E-state index >= 15 is 0 Å². The molecule has 5 nitrogen and oxygen atoms in total. The molecular weight excluding hydrogens is 429 g/mol. The highest BCUT2D eigenvalue weighted by Crippen LogP contribution is 2.09. The Morgan fingerprint density at radius 3 is 2.76 bits per heavy atom. The van der Waals surface area contributed by atoms with Crippen LogP contribution in [0.5, 0.6) is 0 Å². The van der Waals surface area contributed by atoms with E-state index in [-0.39, 0.29) is 30.1 Å². The molecule has 0 aliphatic carbocycles. The van der Waals surface area contributed by atoms with Gasteiger partial charge >= 0.3 is 0 Å². The second-order valence-corrected chi connectivity index (χ2v) is 6.18. The number of benzene rings is 1. The predicted octanol–water partition coefficient (Wildman–Crippen LogP) is 2.68. The van der Waals surface area contributed by atoms with Crippen LogP contribution < -0.4 is 5.32 Å². The summed E-state index contributed by atoms with van der Waals surface area (Å²) in [5, 5.41) is 13.0. The number of ether oxygens (including phenoxy) is 1. The standard InChI is InChI=1S/C19H31N3O2.HI/c1-2-20-19(22-13-10-18(23)16-22)21-12-6-7-14-24-15-11-17-8-4-3-5-9-17;/h3-5,8-9,18,23H,2,6-7,10-16H2,1H3,(H,20,21);1H/t18-;/m1./s1. The molecule has 0 unspecified atom stereocenters. The number of guanidine groups is 1. The maximum absolute atomic E-state index is 9.65. The van der Waals surface area contributed by atoms with E-state index in [9.17, 15) is 5.11 Å². The molecule has 1 aromatic carbocycles. The van der Waals surface area contributed by atoms with Crippen molar-refractivity contribution in [3.8, 4) is 0 Å². The van der Waals surface area contributed by atoms with E-state index in [1.165, 1.54) is 5.56 Å². The highest BCUT2D eigenvalue weighted by molar-refractivity contribution is 14.0. The molecule has 0 spiro atoms. The Bertz CT molecular complexity index is 485. The van der Waals surface area contributed by atoms with Crippen LogP contribution in [0.1, 0.15) is 31.7 Å². The van der Waals surface area contributed by atoms with Crippen molar-refractivity contribution in [2.24, 2.45) is 4.99 Å². The molecule has 2 rings (SSSR count). The van der Waals surface area contributed by atoms with Crippen molar-refractivity contribution in [2.75, 3.05) is 39.4 Å². The molecule has 0 radical (unpaired) electrons. The largest absolute Gasteiger partial charge is 0.391 e. The molecule has 0 aromatic heterocycles. The van der Waals surface area contributed by atoms with Crippen molar-refractivity contribution in [3.63, 3.8) is 0 Å². The van der Waals surface area contributed by atoms with Crippen molar-refractivity contribution >= 4 is 29.9 Å². The van der Waals surface area contributed by atoms with Crippen LogP contribution in [0.4, 0.5) is 0 Å². The van der Waals surface area contributed by atoms with Gasteiger partial charge in [0.25, 0.3) is 0 Å². The molecule has 2 N–H and O–H groups in total. The number of aliphatic imine (C=N–C) groups is 1. The van der Waals surface area contributed by atoms with Crippen LogP contribution in [0.25, 0.3) is 0 Å². The van der Waals surface area contributed by atoms with E-state index in [4.69, 9.17) is 4.74 Å². The molecule has 0 saturated carbocycles. The van der Waals surface area contributed by atoms with Crippen LogP contribution in [0, 0.1) is 0 Å². The molecule has 1 fully saturated rings. The van der Waals surface area contributed by atoms with Gasteiger partial charge < -0.3 is 20.1 Å². The number of hydrogen-bond donors (Lipinski definition) is 2. The van der Waals surface area contributed by atoms with Gasteiger partial charge in [0.05, 0.1) is 12.7 Å². The number of β-amino-alcohol motifs (C(OH)–C–C–N with tert-alkyl or cyclic N) is 1. The maximum Gasteiger partial charge on any atom is 0.194 e. The first kappa shape index (κ1) is 22.2. The number of rotatable bonds is 9. The van der Waals surface area contributed by atoms with E-state index in [1.54, 1.807) is 0 Å². The lowest BCUT2D eigenvalue weighted by molar-refractivity contribution is 0.134. The summed E-state index contributed by atoms with van der Waals surface area (Å²) in [7, 11) is 0. The Kier molecular flexibility index (Phi) is 11.9. The number of likely N-dealkylation sites (tertiary alicyclic amines) is 1. The second kappa shape index (κ2) is 13.4. The van der Waals surface area contributed by atoms with E-state index in [1.807, 2.05) is 6.07 Å². The Labute approximate surface area is 168 Å². The van der Waals surface area contributed by atoms with Crippen molar-refractivity contribution in [1.82, 2.24) is 10.2 Å². The fourth-order valence-electron chi connectivity index (χ4n) is 2.80. The van der Waals surface area contributed by atoms with Gasteiger partial charge in [-0.2, -0.15) is 0 Å². The topological polar surface area (TPSA) is 57.1 Å². The monoisotopic (exact) mass is 461 g/mol. The maximum atomic E-state index is 9.65. The Hall–Kier alpha value is -0.860. The first-order chi connectivity index (χ1) is 11.8. The average molecular weight is 461 g/mol. The number of halogens is 1. The lowest BCUT2D eigenvalue weighted by Crippen LogP contribution is -2.40. The van der Waals surface area contributed by atoms with Crippen LogP contribution in [0.2, 0.25) is 0 Å². The summed E-state index contributed by atoms with van der Waals surface area (Å²) in [5.74, 6) is 0.930. The van der Waals surface area contributed by atoms with Gasteiger partial charge in [0.15, 0.2) is 5.96 Å². The van der Waals surface area contributed by atoms with Gasteiger partial charge in [-0.3, -0.25) is 4.99 Å². The Balaban J connectivity index is 0.00000312. The fraction of sp³-hybridized carbons (Fsp3) is 0.632. The zero-order chi connectivity index (χ0) is 17.0. The quantitative estimate of drug-likeness (QED) is 0.257. The van der Waals surface area contributed by atoms with Gasteiger partial charge in [0.1, 0.15) is 0 Å². The van der Waals surface area contributed by atoms with Gasteiger partial charge in [0, 0.05) is 32.8 Å². The zero-order valence-electron chi connectivity index (χ0n) is 15.2. The predicted molar refractivity (Wildman–Crippen MR) is 114 cm³/mol. The van der Waals surface area contributed by atoms with Gasteiger partial charge in [-0.1, -0.05) is 30.3 Å². The highest BCUT2D eigenvalue weighted by Gasteiger charge is 2.22. The number of aliphatic hydroxyl groups is 1. The molecule has 0 bridgehead atoms. The lowest BCUT2D eigenvalue weighted by atomic mass is 10.2. The minimum atomic E-state index is -0.216. The number of unbranched alkanes of at least 4 members (excludes halogenated alkanes) is 1. The fourth-order valence-corrected chi connectivity index (χ4v) is 2.80. The molecule has 1 saturated heterocycles. The smallest absolute Gasteiger partial charge is 0.194 e. The van der Waals surface area contributed by atoms with Crippen LogP contribution >= 0.6 is 24.0 Å². The summed E-state index contributed by atoms with van der Waals surface area (Å²) in [4.78, 5) is 6.80. The molecule has 1 atom stereocenters. The van der Waals surface area contributed by atoms with Crippen molar-refractivity contribution in [2.45, 2.75) is 38.7 Å². The molecule has 1 aromatic rings. The SMILES string of the molecule is CCNC(=NCCCCOCCc1ccccc1)N1CC[C@@H](O)C1.I. The van der Waals surface area contributed by atoms with E-state index in [2.05, 4.69) is 46.4 Å². The van der Waals surface area contributed by atoms with Gasteiger partial charge in [-0.05, 0) is 38.2 Å². The van der Waals surface area contributed by atoms with Crippen molar-refractivity contribution in [3.05, 3.63) is 35.9 Å². The summed E-state index contributed by atoms with van der Waals surface area (Å²) in [5.41, 5.74) is 1.32. The van der Waals surface area contributed by atoms with E-state index in [0.29, 0.717) is 6.54 Å². The minimum Gasteiger partial charge on any atom is -0.391 e. The summed E-state index contributed by atoms with van der Waals surface area (Å²) >= 11 is 0. The molecule has 25 heavy (non-hydrogen) atoms. The molecule has 1 heterocycles. The van der Waals surface area contributed by atoms with Crippen molar-refractivity contribution in [1.29, 1.82) is 0 Å². The Morgan fingerprint density at radius 2 is 2.08 bits per heavy atom. The van der Waals surface area contributed by atoms with E-state index < -0.39 is 0 Å². The third kappa shape index (κ3) is 8.87. The summed E-state index contributed by atoms with van der Waals surface area (Å²) in [6.45, 7) is 6.88. The van der Waals surface area contributed by atoms with Gasteiger partial charge in [-0.25, -0.2) is 0 Å². The summed E-state index contributed by atoms with van der Waals surface area (Å²) in [6.07, 6.45) is 3.64. The van der Waals surface area contributed by atoms with Crippen LogP contribution in [0.3, 0.4) is 0 Å². The first-order valence-electron chi connectivity index (χ1n) is 9.12. The number of nitrogens with one attached hydrogen (secondary N) is 1. The van der Waals surface area contributed by atoms with E-state index in [0.717, 1.165) is 64.5 Å². The van der Waals surface area contributed by atoms with Gasteiger partial charge in [-0.15, -0.1) is 24.0 Å². The van der Waals surface area contributed by atoms with Gasteiger partial charge in [0.2, 0.25) is 0 Å². The normalized spacial score (nSPS) is 17.4. The molecule has 6 heteroatoms. The second-order valence-electron chi connectivity index (χ2n) is 6.18. The summed E-state index contributed by atoms with van der Waals surface area (Å²) in [6, 6.07) is 10.4. The van der Waals surface area contributed by atoms with Crippen molar-refractivity contribution < 1.29 is 9.84 Å². The zero-order valence-corrected chi connectivity index (χ0v) is 17.5. The Morgan fingerprint density at radius 1 is 1.28 bits per heavy atom. The molecule has 1 aliphatic rings. The highest BCUT2D eigenvalue weighted by atomic mass is 127. The molecule has 142 valence electrons. The third-order valence-electron chi connectivity index (χ3n) is 4.13. The number of hydrogen-bond acceptors (Lipinski definition) is 3. The molecule has 1 aliphatic heterocycles. The molecule has 0 amide bonds. The third-order valence-corrected chi connectivity index (χ3v) is 4.13. The van der Waals surface area contributed by atoms with Crippen LogP contribution in [0.15, 0.2) is 35.3 Å². The molecular formula is C19H32IN3O2. The average Bonchev–Trinajstić information content (AvgIpc) is 3.03. The lowest BCUT2D eigenvalue weighted by Gasteiger charge is -2.20. The minimum absolute atomic E-state index is 0. The first-order valence-corrected chi connectivity index (χ1v) is 9.12. The number of aliphatic hydroxyl groups excluding tert-OH is 1. The number of nitrogens with zero attached hydrogens (tertiary/aromatic N) is 2. The van der Waals surface area contributed by atoms with Crippen LogP contribution in [-0.4, -0.2) is 61.5 Å².